The van der Waals surface area contributed by atoms with Crippen molar-refractivity contribution in [2.75, 3.05) is 26.6 Å². The molecule has 0 saturated carbocycles. The molecule has 0 radical (unpaired) electrons. The molecule has 0 spiro atoms. The highest BCUT2D eigenvalue weighted by molar-refractivity contribution is 6.76. The molecule has 0 aliphatic rings. The lowest BCUT2D eigenvalue weighted by Gasteiger charge is -2.28. The van der Waals surface area contributed by atoms with Crippen LogP contribution >= 0.6 is 0 Å². The van der Waals surface area contributed by atoms with Crippen LogP contribution < -0.4 is 0 Å². The molecule has 2 aromatic carbocycles. The molecule has 0 aliphatic heterocycles. The van der Waals surface area contributed by atoms with Gasteiger partial charge in [-0.05, 0) is 30.3 Å². The second-order valence-electron chi connectivity index (χ2n) is 7.95. The number of ether oxygens (including phenoxy) is 2. The lowest BCUT2D eigenvalue weighted by molar-refractivity contribution is -0.137. The van der Waals surface area contributed by atoms with Crippen LogP contribution in [0.3, 0.4) is 0 Å². The number of methoxy groups -OCH3 is 1. The summed E-state index contributed by atoms with van der Waals surface area (Å²) in [6.07, 6.45) is 4.34. The number of benzene rings is 2. The van der Waals surface area contributed by atoms with E-state index in [2.05, 4.69) is 54.9 Å². The molecule has 0 fully saturated rings. The largest absolute Gasteiger partial charge is 0.463 e. The highest BCUT2D eigenvalue weighted by Crippen LogP contribution is 2.09. The summed E-state index contributed by atoms with van der Waals surface area (Å²) >= 11 is 0. The Bertz CT molecular complexity index is 712. The van der Waals surface area contributed by atoms with E-state index >= 15 is 0 Å². The van der Waals surface area contributed by atoms with E-state index < -0.39 is 8.07 Å². The van der Waals surface area contributed by atoms with E-state index in [1.54, 1.807) is 20.1 Å². The maximum atomic E-state index is 10.9. The lowest BCUT2D eigenvalue weighted by atomic mass is 10.2. The minimum Gasteiger partial charge on any atom is -0.463 e. The van der Waals surface area contributed by atoms with Gasteiger partial charge < -0.3 is 9.47 Å². The quantitative estimate of drug-likeness (QED) is 0.198. The number of hydrogen-bond acceptors (Lipinski definition) is 4. The predicted octanol–water partition coefficient (Wildman–Crippen LogP) is 6.26. The maximum Gasteiger partial charge on any atom is 0.330 e. The van der Waals surface area contributed by atoms with E-state index in [1.807, 2.05) is 44.2 Å². The van der Waals surface area contributed by atoms with Crippen LogP contribution in [0.1, 0.15) is 31.9 Å². The van der Waals surface area contributed by atoms with E-state index in [0.717, 1.165) is 18.8 Å². The summed E-state index contributed by atoms with van der Waals surface area (Å²) in [6, 6.07) is 20.2. The fourth-order valence-corrected chi connectivity index (χ4v) is 4.31. The third kappa shape index (κ3) is 16.2. The number of nitrogens with zero attached hydrogens (tertiary/aromatic N) is 1. The van der Waals surface area contributed by atoms with Crippen molar-refractivity contribution in [3.05, 3.63) is 77.9 Å². The summed E-state index contributed by atoms with van der Waals surface area (Å²) < 4.78 is 10.0. The zero-order valence-electron chi connectivity index (χ0n) is 20.4. The molecule has 31 heavy (non-hydrogen) atoms. The molecule has 2 rings (SSSR count). The fourth-order valence-electron chi connectivity index (χ4n) is 2.76. The first-order valence-electron chi connectivity index (χ1n) is 11.0. The molecule has 0 aromatic heterocycles. The first-order valence-corrected chi connectivity index (χ1v) is 14.7. The molecule has 0 N–H and O–H groups in total. The molecule has 0 aliphatic carbocycles. The van der Waals surface area contributed by atoms with Gasteiger partial charge >= 0.3 is 5.97 Å². The fraction of sp³-hybridized carbons (Fsp3) is 0.423. The topological polar surface area (TPSA) is 38.8 Å². The van der Waals surface area contributed by atoms with Crippen molar-refractivity contribution in [1.82, 2.24) is 4.90 Å². The lowest BCUT2D eigenvalue weighted by Crippen LogP contribution is -2.40. The number of rotatable bonds is 9. The molecule has 0 atom stereocenters. The van der Waals surface area contributed by atoms with Gasteiger partial charge in [-0.1, -0.05) is 94.2 Å². The molecule has 5 heteroatoms. The Labute approximate surface area is 190 Å². The Balaban J connectivity index is 0.000000547. The number of esters is 1. The summed E-state index contributed by atoms with van der Waals surface area (Å²) in [5.41, 5.74) is 2.35. The first-order chi connectivity index (χ1) is 14.8. The van der Waals surface area contributed by atoms with E-state index in [1.165, 1.54) is 17.8 Å². The normalized spacial score (nSPS) is 10.7. The average Bonchev–Trinajstić information content (AvgIpc) is 2.75. The molecule has 0 saturated heterocycles. The highest BCUT2D eigenvalue weighted by atomic mass is 28.3. The van der Waals surface area contributed by atoms with E-state index in [0.29, 0.717) is 6.61 Å². The van der Waals surface area contributed by atoms with Crippen molar-refractivity contribution in [2.45, 2.75) is 47.0 Å². The SMILES string of the molecule is CC.CCOC(=O)/C=C/c1ccccc1.COCN(Cc1ccccc1)C[Si](C)(C)C. The Morgan fingerprint density at radius 3 is 2.00 bits per heavy atom. The van der Waals surface area contributed by atoms with Crippen LogP contribution in [-0.2, 0) is 20.8 Å². The zero-order chi connectivity index (χ0) is 23.5. The van der Waals surface area contributed by atoms with Gasteiger partial charge in [0.2, 0.25) is 0 Å². The number of carbonyl (C=O) groups is 1. The Kier molecular flexibility index (Phi) is 16.2. The Hall–Kier alpha value is -2.21. The van der Waals surface area contributed by atoms with Gasteiger partial charge in [0.25, 0.3) is 0 Å². The monoisotopic (exact) mass is 443 g/mol. The van der Waals surface area contributed by atoms with Gasteiger partial charge in [-0.2, -0.15) is 0 Å². The number of carbonyl (C=O) groups excluding carboxylic acids is 1. The summed E-state index contributed by atoms with van der Waals surface area (Å²) in [5.74, 6) is -0.300. The molecule has 0 heterocycles. The summed E-state index contributed by atoms with van der Waals surface area (Å²) in [4.78, 5) is 13.3. The number of hydrogen-bond donors (Lipinski definition) is 0. The molecule has 0 bridgehead atoms. The summed E-state index contributed by atoms with van der Waals surface area (Å²) in [6.45, 7) is 15.1. The van der Waals surface area contributed by atoms with Crippen LogP contribution in [-0.4, -0.2) is 45.6 Å². The first kappa shape index (κ1) is 28.8. The zero-order valence-corrected chi connectivity index (χ0v) is 21.4. The van der Waals surface area contributed by atoms with Crippen LogP contribution in [0.15, 0.2) is 66.7 Å². The standard InChI is InChI=1S/C13H23NOSi.C11H12O2.C2H6/c1-15-11-14(12-16(2,3)4)10-13-8-6-5-7-9-13;1-2-13-11(12)9-8-10-6-4-3-5-7-10;1-2/h5-9H,10-12H2,1-4H3;3-9H,2H2,1H3;1-2H3/b;9-8+;. The molecule has 0 unspecified atom stereocenters. The van der Waals surface area contributed by atoms with Crippen molar-refractivity contribution in [1.29, 1.82) is 0 Å². The molecule has 0 amide bonds. The van der Waals surface area contributed by atoms with Crippen molar-refractivity contribution in [2.24, 2.45) is 0 Å². The minimum absolute atomic E-state index is 0.300. The molecule has 4 nitrogen and oxygen atoms in total. The molecule has 2 aromatic rings. The Morgan fingerprint density at radius 1 is 0.968 bits per heavy atom. The van der Waals surface area contributed by atoms with Gasteiger partial charge in [0.1, 0.15) is 0 Å². The van der Waals surface area contributed by atoms with Crippen molar-refractivity contribution in [3.8, 4) is 0 Å². The smallest absolute Gasteiger partial charge is 0.330 e. The van der Waals surface area contributed by atoms with E-state index in [9.17, 15) is 4.79 Å². The van der Waals surface area contributed by atoms with Gasteiger partial charge in [0.15, 0.2) is 0 Å². The van der Waals surface area contributed by atoms with Crippen molar-refractivity contribution >= 4 is 20.1 Å². The van der Waals surface area contributed by atoms with Gasteiger partial charge in [-0.3, -0.25) is 4.90 Å². The second kappa shape index (κ2) is 17.5. The minimum atomic E-state index is -1.07. The van der Waals surface area contributed by atoms with Crippen LogP contribution in [0, 0.1) is 0 Å². The molecular weight excluding hydrogens is 402 g/mol. The van der Waals surface area contributed by atoms with Crippen LogP contribution in [0.2, 0.25) is 19.6 Å². The van der Waals surface area contributed by atoms with E-state index in [4.69, 9.17) is 9.47 Å². The third-order valence-electron chi connectivity index (χ3n) is 3.76. The van der Waals surface area contributed by atoms with Gasteiger partial charge in [0.05, 0.1) is 21.4 Å². The van der Waals surface area contributed by atoms with Crippen LogP contribution in [0.4, 0.5) is 0 Å². The van der Waals surface area contributed by atoms with Crippen molar-refractivity contribution in [3.63, 3.8) is 0 Å². The van der Waals surface area contributed by atoms with E-state index in [-0.39, 0.29) is 5.97 Å². The van der Waals surface area contributed by atoms with Crippen molar-refractivity contribution < 1.29 is 14.3 Å². The maximum absolute atomic E-state index is 10.9. The summed E-state index contributed by atoms with van der Waals surface area (Å²) in [5, 5.41) is 0. The Morgan fingerprint density at radius 2 is 1.52 bits per heavy atom. The average molecular weight is 444 g/mol. The molecule has 172 valence electrons. The van der Waals surface area contributed by atoms with Gasteiger partial charge in [0, 0.05) is 19.7 Å². The van der Waals surface area contributed by atoms with Crippen LogP contribution in [0.5, 0.6) is 0 Å². The predicted molar refractivity (Wildman–Crippen MR) is 136 cm³/mol. The van der Waals surface area contributed by atoms with Gasteiger partial charge in [-0.25, -0.2) is 4.79 Å². The summed E-state index contributed by atoms with van der Waals surface area (Å²) in [7, 11) is 0.701. The highest BCUT2D eigenvalue weighted by Gasteiger charge is 2.18. The molecular formula is C26H41NO3Si. The second-order valence-corrected chi connectivity index (χ2v) is 13.4. The van der Waals surface area contributed by atoms with Crippen LogP contribution in [0.25, 0.3) is 6.08 Å². The third-order valence-corrected chi connectivity index (χ3v) is 5.15. The van der Waals surface area contributed by atoms with Gasteiger partial charge in [-0.15, -0.1) is 0 Å².